The van der Waals surface area contributed by atoms with Crippen molar-refractivity contribution < 1.29 is 48.3 Å². The van der Waals surface area contributed by atoms with Gasteiger partial charge in [-0.1, -0.05) is 168 Å². The average Bonchev–Trinajstić information content (AvgIpc) is 3.32. The number of aliphatic hydroxyl groups excluding tert-OH is 2. The number of nitrogens with one attached hydrogen (secondary N) is 1. The lowest BCUT2D eigenvalue weighted by atomic mass is 9.55. The molecule has 1 heterocycles. The first-order valence-electron chi connectivity index (χ1n) is 29.2. The van der Waals surface area contributed by atoms with E-state index in [4.69, 9.17) is 33.7 Å². The average molecular weight is 1070 g/mol. The normalized spacial score (nSPS) is 21.0. The van der Waals surface area contributed by atoms with Crippen molar-refractivity contribution in [3.8, 4) is 11.5 Å². The van der Waals surface area contributed by atoms with E-state index in [2.05, 4.69) is 43.1 Å². The summed E-state index contributed by atoms with van der Waals surface area (Å²) in [6.07, 6.45) is 19.5. The molecule has 1 fully saturated rings. The second-order valence-corrected chi connectivity index (χ2v) is 22.4. The minimum atomic E-state index is -1.55. The Bertz CT molecular complexity index is 2550. The van der Waals surface area contributed by atoms with Gasteiger partial charge in [0.15, 0.2) is 0 Å². The van der Waals surface area contributed by atoms with Crippen LogP contribution in [0.15, 0.2) is 120 Å². The van der Waals surface area contributed by atoms with E-state index in [9.17, 15) is 15.0 Å². The van der Waals surface area contributed by atoms with Crippen LogP contribution in [0.25, 0.3) is 10.8 Å². The molecule has 3 aliphatic rings. The number of benzene rings is 4. The molecule has 7 rings (SSSR count). The highest BCUT2D eigenvalue weighted by Gasteiger charge is 2.66. The first-order valence-corrected chi connectivity index (χ1v) is 29.2. The molecule has 2 amide bonds. The van der Waals surface area contributed by atoms with E-state index >= 15 is 4.79 Å². The van der Waals surface area contributed by atoms with E-state index < -0.39 is 35.5 Å². The Hall–Kier alpha value is -5.73. The van der Waals surface area contributed by atoms with Crippen molar-refractivity contribution >= 4 is 28.7 Å². The number of carbonyl (C=O) groups excluding carboxylic acids is 2. The van der Waals surface area contributed by atoms with E-state index in [-0.39, 0.29) is 63.8 Å². The number of hydrogen-bond donors (Lipinski definition) is 3. The number of nitrogens with zero attached hydrogens (tertiary/aromatic N) is 2. The van der Waals surface area contributed by atoms with Gasteiger partial charge in [-0.05, 0) is 110 Å². The van der Waals surface area contributed by atoms with E-state index in [0.29, 0.717) is 43.2 Å². The number of rotatable bonds is 32. The molecule has 0 bridgehead atoms. The quantitative estimate of drug-likeness (QED) is 0.0244. The van der Waals surface area contributed by atoms with Gasteiger partial charge >= 0.3 is 12.2 Å². The third-order valence-corrected chi connectivity index (χ3v) is 15.5. The van der Waals surface area contributed by atoms with Crippen LogP contribution < -0.4 is 14.8 Å². The van der Waals surface area contributed by atoms with Crippen LogP contribution in [-0.2, 0) is 32.2 Å². The third kappa shape index (κ3) is 16.4. The van der Waals surface area contributed by atoms with E-state index in [1.807, 2.05) is 87.5 Å². The summed E-state index contributed by atoms with van der Waals surface area (Å²) in [5.74, 6) is -1.57. The van der Waals surface area contributed by atoms with Gasteiger partial charge in [-0.2, -0.15) is 0 Å². The summed E-state index contributed by atoms with van der Waals surface area (Å²) in [5, 5.41) is 30.3. The Morgan fingerprint density at radius 3 is 2.27 bits per heavy atom. The maximum atomic E-state index is 15.3. The minimum Gasteiger partial charge on any atom is -0.459 e. The highest BCUT2D eigenvalue weighted by atomic mass is 16.7. The van der Waals surface area contributed by atoms with Crippen LogP contribution in [-0.4, -0.2) is 90.0 Å². The second-order valence-electron chi connectivity index (χ2n) is 22.4. The van der Waals surface area contributed by atoms with Gasteiger partial charge in [0, 0.05) is 37.7 Å². The van der Waals surface area contributed by atoms with E-state index in [1.54, 1.807) is 17.0 Å². The van der Waals surface area contributed by atoms with E-state index in [0.717, 1.165) is 78.0 Å². The fourth-order valence-corrected chi connectivity index (χ4v) is 11.8. The van der Waals surface area contributed by atoms with Crippen molar-refractivity contribution in [3.63, 3.8) is 0 Å². The van der Waals surface area contributed by atoms with Crippen LogP contribution in [0.3, 0.4) is 0 Å². The van der Waals surface area contributed by atoms with Gasteiger partial charge in [0.2, 0.25) is 5.79 Å². The summed E-state index contributed by atoms with van der Waals surface area (Å²) in [6.45, 7) is 13.7. The minimum absolute atomic E-state index is 0.00201. The molecule has 2 aliphatic carbocycles. The maximum Gasteiger partial charge on any atom is 0.412 e. The number of fused-ring (bicyclic) bond motifs is 3. The Labute approximate surface area is 464 Å². The first kappa shape index (κ1) is 59.9. The fourth-order valence-electron chi connectivity index (χ4n) is 11.8. The van der Waals surface area contributed by atoms with Crippen LogP contribution in [0, 0.1) is 17.8 Å². The van der Waals surface area contributed by atoms with Crippen molar-refractivity contribution in [2.24, 2.45) is 22.9 Å². The number of hydrogen-bond acceptors (Lipinski definition) is 11. The monoisotopic (exact) mass is 1070 g/mol. The van der Waals surface area contributed by atoms with Crippen LogP contribution in [0.5, 0.6) is 11.5 Å². The first-order chi connectivity index (χ1) is 38.0. The molecule has 1 aliphatic heterocycles. The largest absolute Gasteiger partial charge is 0.459 e. The van der Waals surface area contributed by atoms with E-state index in [1.165, 1.54) is 44.9 Å². The zero-order valence-corrected chi connectivity index (χ0v) is 47.1. The molecule has 0 aromatic heterocycles. The van der Waals surface area contributed by atoms with Gasteiger partial charge in [0.25, 0.3) is 0 Å². The van der Waals surface area contributed by atoms with Crippen LogP contribution >= 0.6 is 0 Å². The molecule has 0 radical (unpaired) electrons. The third-order valence-electron chi connectivity index (χ3n) is 15.5. The summed E-state index contributed by atoms with van der Waals surface area (Å²) < 4.78 is 33.1. The molecule has 3 N–H and O–H groups in total. The van der Waals surface area contributed by atoms with Crippen molar-refractivity contribution in [1.82, 2.24) is 10.2 Å². The molecular weight excluding hydrogens is 983 g/mol. The molecule has 13 heteroatoms. The highest BCUT2D eigenvalue weighted by Crippen LogP contribution is 2.62. The number of oxime groups is 1. The fraction of sp³-hybridized carbons (Fsp3) is 0.554. The standard InChI is InChI=1S/C65H89N3O10/c1-6-8-9-10-11-12-13-14-15-23-37-66-62(71)76-52-35-36-58-56(44-52)60-54(34-22-25-39-70)50(30-21-24-38-69)43-55-57(67-78-64(3,4)5)45-59(65(77-58,61(55)60)75-40-7-2)68(46-51-32-26-31-49-29-19-20-33-53(49)51)63(72)74-42-41-73-47-48-27-17-16-18-28-48/h7,16-20,26-29,31-33,35-36,43-44,50,54,59-61,69-70H,2,6,8-15,21-25,30,34,37-42,45-47H2,1,3-5H3,(H,66,71)/t50-,54+,59-,60+,61+,65+/m0/s1. The summed E-state index contributed by atoms with van der Waals surface area (Å²) >= 11 is 0. The summed E-state index contributed by atoms with van der Waals surface area (Å²) in [6, 6.07) is 28.8. The van der Waals surface area contributed by atoms with Gasteiger partial charge in [-0.3, -0.25) is 4.90 Å². The summed E-state index contributed by atoms with van der Waals surface area (Å²) in [5.41, 5.74) is 3.68. The predicted molar refractivity (Wildman–Crippen MR) is 309 cm³/mol. The highest BCUT2D eigenvalue weighted by molar-refractivity contribution is 6.03. The van der Waals surface area contributed by atoms with Gasteiger partial charge in [0.05, 0.1) is 38.0 Å². The molecule has 0 unspecified atom stereocenters. The molecule has 424 valence electrons. The molecule has 78 heavy (non-hydrogen) atoms. The number of carbonyl (C=O) groups is 2. The number of aliphatic hydroxyl groups is 2. The van der Waals surface area contributed by atoms with Crippen LogP contribution in [0.1, 0.15) is 159 Å². The molecular formula is C65H89N3O10. The zero-order chi connectivity index (χ0) is 55.2. The lowest BCUT2D eigenvalue weighted by molar-refractivity contribution is -0.256. The lowest BCUT2D eigenvalue weighted by Gasteiger charge is -2.60. The van der Waals surface area contributed by atoms with Gasteiger partial charge in [-0.15, -0.1) is 6.58 Å². The number of allylic oxidation sites excluding steroid dienone is 1. The molecule has 4 aromatic carbocycles. The molecule has 1 saturated carbocycles. The lowest BCUT2D eigenvalue weighted by Crippen LogP contribution is -2.70. The summed E-state index contributed by atoms with van der Waals surface area (Å²) in [7, 11) is 0. The van der Waals surface area contributed by atoms with Gasteiger partial charge < -0.3 is 44.1 Å². The summed E-state index contributed by atoms with van der Waals surface area (Å²) in [4.78, 5) is 37.0. The topological polar surface area (TPSA) is 158 Å². The maximum absolute atomic E-state index is 15.3. The number of unbranched alkanes of at least 4 members (excludes halogenated alkanes) is 11. The SMILES string of the molecule is C=CCO[C@@]12Oc3ccc(OC(=O)NCCCCCCCCCCCC)cc3[C@H]3[C@H](CCCCO)[C@@H](CCCCO)C=C(C(=NOC(C)(C)C)C[C@@H]1N(Cc1cccc4ccccc14)C(=O)OCCOCc1ccccc1)[C@H]32. The van der Waals surface area contributed by atoms with Crippen LogP contribution in [0.2, 0.25) is 0 Å². The molecule has 0 saturated heterocycles. The molecule has 4 aromatic rings. The predicted octanol–water partition coefficient (Wildman–Crippen LogP) is 14.1. The van der Waals surface area contributed by atoms with Gasteiger partial charge in [-0.25, -0.2) is 9.59 Å². The van der Waals surface area contributed by atoms with Crippen LogP contribution in [0.4, 0.5) is 9.59 Å². The number of amides is 2. The second kappa shape index (κ2) is 30.6. The van der Waals surface area contributed by atoms with Crippen molar-refractivity contribution in [3.05, 3.63) is 132 Å². The molecule has 13 nitrogen and oxygen atoms in total. The Kier molecular flexibility index (Phi) is 23.5. The van der Waals surface area contributed by atoms with Crippen molar-refractivity contribution in [1.29, 1.82) is 0 Å². The number of ether oxygens (including phenoxy) is 5. The molecule has 6 atom stereocenters. The smallest absolute Gasteiger partial charge is 0.412 e. The Balaban J connectivity index is 1.29. The van der Waals surface area contributed by atoms with Gasteiger partial charge in [0.1, 0.15) is 29.7 Å². The Morgan fingerprint density at radius 1 is 0.833 bits per heavy atom. The molecule has 0 spiro atoms. The van der Waals surface area contributed by atoms with Crippen molar-refractivity contribution in [2.75, 3.05) is 39.6 Å². The zero-order valence-electron chi connectivity index (χ0n) is 47.1. The Morgan fingerprint density at radius 2 is 1.54 bits per heavy atom. The van der Waals surface area contributed by atoms with Crippen molar-refractivity contribution in [2.45, 2.75) is 173 Å².